The van der Waals surface area contributed by atoms with Crippen LogP contribution in [0, 0.1) is 0 Å². The van der Waals surface area contributed by atoms with E-state index in [1.165, 1.54) is 19.2 Å². The van der Waals surface area contributed by atoms with E-state index >= 15 is 0 Å². The van der Waals surface area contributed by atoms with Gasteiger partial charge in [-0.1, -0.05) is 23.4 Å². The first kappa shape index (κ1) is 19.7. The van der Waals surface area contributed by atoms with E-state index in [0.29, 0.717) is 5.69 Å². The average molecular weight is 370 g/mol. The molecule has 7 nitrogen and oxygen atoms in total. The third-order valence-corrected chi connectivity index (χ3v) is 5.84. The zero-order chi connectivity index (χ0) is 18.4. The smallest absolute Gasteiger partial charge is 0.325 e. The van der Waals surface area contributed by atoms with Gasteiger partial charge in [0.15, 0.2) is 0 Å². The summed E-state index contributed by atoms with van der Waals surface area (Å²) in [6, 6.07) is 6.01. The van der Waals surface area contributed by atoms with Crippen molar-refractivity contribution in [3.8, 4) is 0 Å². The summed E-state index contributed by atoms with van der Waals surface area (Å²) in [6.07, 6.45) is 3.81. The highest BCUT2D eigenvalue weighted by molar-refractivity contribution is 7.89. The number of methoxy groups -OCH3 is 1. The zero-order valence-electron chi connectivity index (χ0n) is 14.9. The number of hydrogen-bond acceptors (Lipinski definition) is 6. The Kier molecular flexibility index (Phi) is 6.80. The van der Waals surface area contributed by atoms with E-state index in [1.807, 2.05) is 0 Å². The van der Waals surface area contributed by atoms with Crippen molar-refractivity contribution in [2.45, 2.75) is 56.6 Å². The lowest BCUT2D eigenvalue weighted by Gasteiger charge is -2.28. The van der Waals surface area contributed by atoms with Crippen LogP contribution in [0.2, 0.25) is 0 Å². The quantitative estimate of drug-likeness (QED) is 0.559. The van der Waals surface area contributed by atoms with Crippen LogP contribution in [0.5, 0.6) is 0 Å². The van der Waals surface area contributed by atoms with Crippen molar-refractivity contribution in [1.82, 2.24) is 4.47 Å². The molecule has 1 aliphatic rings. The number of nitrogens with zero attached hydrogens (tertiary/aromatic N) is 1. The van der Waals surface area contributed by atoms with Crippen molar-refractivity contribution < 1.29 is 22.8 Å². The molecule has 1 saturated carbocycles. The topological polar surface area (TPSA) is 84.9 Å². The van der Waals surface area contributed by atoms with Crippen molar-refractivity contribution in [2.75, 3.05) is 19.0 Å². The van der Waals surface area contributed by atoms with Gasteiger partial charge in [0.2, 0.25) is 0 Å². The standard InChI is InChI=1S/C17H26N2O5S/c1-13(2)19(24-15-8-4-5-9-15)25(21,22)16-10-6-7-14(11-16)18-12-17(20)23-3/h6-7,10-11,13,15,18H,4-5,8-9,12H2,1-3H3. The second kappa shape index (κ2) is 8.64. The van der Waals surface area contributed by atoms with Crippen molar-refractivity contribution in [3.63, 3.8) is 0 Å². The van der Waals surface area contributed by atoms with E-state index in [4.69, 9.17) is 4.84 Å². The molecule has 0 spiro atoms. The molecule has 1 N–H and O–H groups in total. The number of benzene rings is 1. The maximum absolute atomic E-state index is 13.0. The Bertz CT molecular complexity index is 684. The van der Waals surface area contributed by atoms with Gasteiger partial charge in [0, 0.05) is 11.7 Å². The first-order chi connectivity index (χ1) is 11.8. The summed E-state index contributed by atoms with van der Waals surface area (Å²) < 4.78 is 31.6. The molecule has 1 fully saturated rings. The Balaban J connectivity index is 2.19. The Labute approximate surface area is 149 Å². The van der Waals surface area contributed by atoms with Gasteiger partial charge in [-0.05, 0) is 44.9 Å². The lowest BCUT2D eigenvalue weighted by Crippen LogP contribution is -2.39. The van der Waals surface area contributed by atoms with E-state index < -0.39 is 16.0 Å². The van der Waals surface area contributed by atoms with Gasteiger partial charge < -0.3 is 10.1 Å². The molecule has 0 unspecified atom stereocenters. The van der Waals surface area contributed by atoms with Gasteiger partial charge in [-0.3, -0.25) is 9.63 Å². The molecule has 140 valence electrons. The maximum Gasteiger partial charge on any atom is 0.325 e. The van der Waals surface area contributed by atoms with Gasteiger partial charge >= 0.3 is 5.97 Å². The predicted molar refractivity (Wildman–Crippen MR) is 94.4 cm³/mol. The number of hydroxylamine groups is 1. The summed E-state index contributed by atoms with van der Waals surface area (Å²) >= 11 is 0. The van der Waals surface area contributed by atoms with Crippen molar-refractivity contribution in [2.24, 2.45) is 0 Å². The fourth-order valence-electron chi connectivity index (χ4n) is 2.71. The Hall–Kier alpha value is -1.64. The number of ether oxygens (including phenoxy) is 1. The Morgan fingerprint density at radius 2 is 2.00 bits per heavy atom. The first-order valence-corrected chi connectivity index (χ1v) is 9.90. The average Bonchev–Trinajstić information content (AvgIpc) is 3.10. The Morgan fingerprint density at radius 1 is 1.32 bits per heavy atom. The number of hydrogen-bond donors (Lipinski definition) is 1. The zero-order valence-corrected chi connectivity index (χ0v) is 15.7. The first-order valence-electron chi connectivity index (χ1n) is 8.46. The number of esters is 1. The molecule has 0 atom stereocenters. The van der Waals surface area contributed by atoms with Crippen molar-refractivity contribution >= 4 is 21.7 Å². The Morgan fingerprint density at radius 3 is 2.60 bits per heavy atom. The lowest BCUT2D eigenvalue weighted by molar-refractivity contribution is -0.146. The fraction of sp³-hybridized carbons (Fsp3) is 0.588. The van der Waals surface area contributed by atoms with Crippen LogP contribution < -0.4 is 5.32 Å². The van der Waals surface area contributed by atoms with E-state index in [-0.39, 0.29) is 23.6 Å². The van der Waals surface area contributed by atoms with Gasteiger partial charge in [0.25, 0.3) is 10.0 Å². The van der Waals surface area contributed by atoms with Gasteiger partial charge in [-0.25, -0.2) is 8.42 Å². The summed E-state index contributed by atoms with van der Waals surface area (Å²) in [6.45, 7) is 3.53. The van der Waals surface area contributed by atoms with E-state index in [1.54, 1.807) is 26.0 Å². The van der Waals surface area contributed by atoms with Gasteiger partial charge in [-0.15, -0.1) is 0 Å². The van der Waals surface area contributed by atoms with Crippen LogP contribution >= 0.6 is 0 Å². The number of anilines is 1. The monoisotopic (exact) mass is 370 g/mol. The van der Waals surface area contributed by atoms with Crippen LogP contribution in [0.25, 0.3) is 0 Å². The van der Waals surface area contributed by atoms with Gasteiger partial charge in [0.05, 0.1) is 18.1 Å². The molecule has 0 aliphatic heterocycles. The molecule has 1 aromatic carbocycles. The molecule has 0 aromatic heterocycles. The van der Waals surface area contributed by atoms with Crippen molar-refractivity contribution in [3.05, 3.63) is 24.3 Å². The van der Waals surface area contributed by atoms with Gasteiger partial charge in [-0.2, -0.15) is 0 Å². The fourth-order valence-corrected chi connectivity index (χ4v) is 4.24. The number of nitrogens with one attached hydrogen (secondary N) is 1. The second-order valence-electron chi connectivity index (χ2n) is 6.32. The highest BCUT2D eigenvalue weighted by Crippen LogP contribution is 2.27. The second-order valence-corrected chi connectivity index (χ2v) is 8.10. The summed E-state index contributed by atoms with van der Waals surface area (Å²) in [4.78, 5) is 17.1. The molecule has 0 saturated heterocycles. The summed E-state index contributed by atoms with van der Waals surface area (Å²) in [7, 11) is -2.50. The summed E-state index contributed by atoms with van der Waals surface area (Å²) in [5.74, 6) is -0.429. The van der Waals surface area contributed by atoms with Crippen LogP contribution in [-0.4, -0.2) is 44.7 Å². The minimum atomic E-state index is -3.80. The lowest BCUT2D eigenvalue weighted by atomic mass is 10.3. The molecule has 1 aliphatic carbocycles. The highest BCUT2D eigenvalue weighted by Gasteiger charge is 2.32. The summed E-state index contributed by atoms with van der Waals surface area (Å²) in [5.41, 5.74) is 0.524. The number of rotatable bonds is 8. The molecule has 25 heavy (non-hydrogen) atoms. The molecular weight excluding hydrogens is 344 g/mol. The van der Waals surface area contributed by atoms with Gasteiger partial charge in [0.1, 0.15) is 6.54 Å². The van der Waals surface area contributed by atoms with E-state index in [2.05, 4.69) is 10.1 Å². The molecule has 0 radical (unpaired) electrons. The minimum Gasteiger partial charge on any atom is -0.468 e. The molecule has 1 aromatic rings. The third-order valence-electron chi connectivity index (χ3n) is 4.01. The SMILES string of the molecule is COC(=O)CNc1cccc(S(=O)(=O)N(OC2CCCC2)C(C)C)c1. The van der Waals surface area contributed by atoms with Crippen LogP contribution in [0.3, 0.4) is 0 Å². The highest BCUT2D eigenvalue weighted by atomic mass is 32.2. The molecule has 0 amide bonds. The predicted octanol–water partition coefficient (Wildman–Crippen LogP) is 2.54. The maximum atomic E-state index is 13.0. The van der Waals surface area contributed by atoms with Crippen LogP contribution in [0.4, 0.5) is 5.69 Å². The minimum absolute atomic E-state index is 0.0352. The molecule has 0 heterocycles. The largest absolute Gasteiger partial charge is 0.468 e. The van der Waals surface area contributed by atoms with Crippen LogP contribution in [0.1, 0.15) is 39.5 Å². The number of sulfonamides is 1. The number of carbonyl (C=O) groups excluding carboxylic acids is 1. The number of carbonyl (C=O) groups is 1. The van der Waals surface area contributed by atoms with Crippen molar-refractivity contribution in [1.29, 1.82) is 0 Å². The van der Waals surface area contributed by atoms with E-state index in [0.717, 1.165) is 30.2 Å². The molecule has 2 rings (SSSR count). The van der Waals surface area contributed by atoms with Crippen LogP contribution in [-0.2, 0) is 24.4 Å². The third kappa shape index (κ3) is 5.17. The molecule has 8 heteroatoms. The van der Waals surface area contributed by atoms with Crippen LogP contribution in [0.15, 0.2) is 29.2 Å². The summed E-state index contributed by atoms with van der Waals surface area (Å²) in [5, 5.41) is 2.85. The molecule has 0 bridgehead atoms. The molecular formula is C17H26N2O5S. The normalized spacial score (nSPS) is 15.7. The van der Waals surface area contributed by atoms with E-state index in [9.17, 15) is 13.2 Å².